The van der Waals surface area contributed by atoms with Gasteiger partial charge in [0.15, 0.2) is 0 Å². The van der Waals surface area contributed by atoms with Crippen molar-refractivity contribution in [1.82, 2.24) is 14.9 Å². The highest BCUT2D eigenvalue weighted by molar-refractivity contribution is 7.98. The molecule has 2 aromatic heterocycles. The van der Waals surface area contributed by atoms with Crippen molar-refractivity contribution in [3.05, 3.63) is 60.4 Å². The second-order valence-electron chi connectivity index (χ2n) is 7.33. The molecule has 0 saturated carbocycles. The molecule has 0 unspecified atom stereocenters. The van der Waals surface area contributed by atoms with E-state index in [0.29, 0.717) is 34.7 Å². The smallest absolute Gasteiger partial charge is 0.326 e. The standard InChI is InChI=1S/C24H24N4O4S/c1-31-22-14-19-17(13-18(22)23(25)29)21(6-9-26-19)32-16-4-5-20-15(12-16)7-10-28(20)24(30)27-8-3-11-33-2/h4-7,9-10,12-14H,3,8,11H2,1-2H3,(H2,25,29)(H,27,30). The van der Waals surface area contributed by atoms with Crippen LogP contribution in [0.15, 0.2) is 54.9 Å². The minimum absolute atomic E-state index is 0.159. The first-order chi connectivity index (χ1) is 16.0. The number of hydrogen-bond donors (Lipinski definition) is 2. The predicted molar refractivity (Wildman–Crippen MR) is 131 cm³/mol. The molecule has 9 heteroatoms. The van der Waals surface area contributed by atoms with Gasteiger partial charge in [-0.15, -0.1) is 0 Å². The van der Waals surface area contributed by atoms with Crippen molar-refractivity contribution < 1.29 is 19.1 Å². The van der Waals surface area contributed by atoms with E-state index in [0.717, 1.165) is 23.1 Å². The molecule has 170 valence electrons. The van der Waals surface area contributed by atoms with E-state index in [-0.39, 0.29) is 11.6 Å². The summed E-state index contributed by atoms with van der Waals surface area (Å²) in [6.45, 7) is 0.633. The number of carbonyl (C=O) groups excluding carboxylic acids is 2. The van der Waals surface area contributed by atoms with Gasteiger partial charge in [-0.3, -0.25) is 14.3 Å². The predicted octanol–water partition coefficient (Wildman–Crippen LogP) is 4.40. The van der Waals surface area contributed by atoms with Crippen LogP contribution in [0.5, 0.6) is 17.2 Å². The first-order valence-corrected chi connectivity index (χ1v) is 11.7. The van der Waals surface area contributed by atoms with Crippen LogP contribution in [0, 0.1) is 0 Å². The summed E-state index contributed by atoms with van der Waals surface area (Å²) in [4.78, 5) is 28.7. The van der Waals surface area contributed by atoms with Gasteiger partial charge in [0.2, 0.25) is 0 Å². The third kappa shape index (κ3) is 4.73. The normalized spacial score (nSPS) is 11.0. The third-order valence-electron chi connectivity index (χ3n) is 5.20. The number of nitrogens with two attached hydrogens (primary N) is 1. The number of methoxy groups -OCH3 is 1. The molecular weight excluding hydrogens is 440 g/mol. The average molecular weight is 465 g/mol. The van der Waals surface area contributed by atoms with Gasteiger partial charge in [-0.2, -0.15) is 11.8 Å². The van der Waals surface area contributed by atoms with E-state index in [9.17, 15) is 9.59 Å². The van der Waals surface area contributed by atoms with Crippen molar-refractivity contribution in [3.63, 3.8) is 0 Å². The Morgan fingerprint density at radius 3 is 2.76 bits per heavy atom. The fourth-order valence-corrected chi connectivity index (χ4v) is 4.02. The SMILES string of the molecule is COc1cc2nccc(Oc3ccc4c(ccn4C(=O)NCCCSC)c3)c2cc1C(N)=O. The topological polar surface area (TPSA) is 108 Å². The number of thioether (sulfide) groups is 1. The number of fused-ring (bicyclic) bond motifs is 2. The van der Waals surface area contributed by atoms with E-state index in [1.54, 1.807) is 53.0 Å². The number of amides is 2. The molecule has 0 aliphatic heterocycles. The van der Waals surface area contributed by atoms with Gasteiger partial charge in [0.25, 0.3) is 5.91 Å². The van der Waals surface area contributed by atoms with Crippen LogP contribution in [0.3, 0.4) is 0 Å². The molecule has 4 aromatic rings. The van der Waals surface area contributed by atoms with E-state index in [2.05, 4.69) is 10.3 Å². The van der Waals surface area contributed by atoms with Crippen molar-refractivity contribution in [2.75, 3.05) is 25.7 Å². The maximum atomic E-state index is 12.5. The molecule has 0 saturated heterocycles. The minimum Gasteiger partial charge on any atom is -0.496 e. The van der Waals surface area contributed by atoms with Crippen molar-refractivity contribution in [1.29, 1.82) is 0 Å². The van der Waals surface area contributed by atoms with E-state index in [1.807, 2.05) is 24.5 Å². The van der Waals surface area contributed by atoms with E-state index in [4.69, 9.17) is 15.2 Å². The maximum absolute atomic E-state index is 12.5. The van der Waals surface area contributed by atoms with Crippen LogP contribution in [-0.2, 0) is 0 Å². The summed E-state index contributed by atoms with van der Waals surface area (Å²) in [6, 6.07) is 12.2. The molecule has 33 heavy (non-hydrogen) atoms. The molecule has 0 aliphatic carbocycles. The highest BCUT2D eigenvalue weighted by Crippen LogP contribution is 2.34. The number of pyridine rings is 1. The number of nitrogens with zero attached hydrogens (tertiary/aromatic N) is 2. The van der Waals surface area contributed by atoms with Gasteiger partial charge in [-0.05, 0) is 54.8 Å². The Morgan fingerprint density at radius 2 is 2.00 bits per heavy atom. The lowest BCUT2D eigenvalue weighted by Gasteiger charge is -2.12. The number of hydrogen-bond acceptors (Lipinski definition) is 6. The van der Waals surface area contributed by atoms with Gasteiger partial charge in [0.1, 0.15) is 17.2 Å². The van der Waals surface area contributed by atoms with E-state index < -0.39 is 5.91 Å². The van der Waals surface area contributed by atoms with Crippen molar-refractivity contribution in [2.24, 2.45) is 5.73 Å². The summed E-state index contributed by atoms with van der Waals surface area (Å²) >= 11 is 1.76. The van der Waals surface area contributed by atoms with Gasteiger partial charge < -0.3 is 20.5 Å². The van der Waals surface area contributed by atoms with Crippen LogP contribution >= 0.6 is 11.8 Å². The molecule has 2 aromatic carbocycles. The lowest BCUT2D eigenvalue weighted by molar-refractivity contribution is 0.0997. The van der Waals surface area contributed by atoms with Crippen LogP contribution in [0.1, 0.15) is 16.8 Å². The Labute approximate surface area is 195 Å². The highest BCUT2D eigenvalue weighted by Gasteiger charge is 2.15. The molecular formula is C24H24N4O4S. The number of primary amides is 1. The lowest BCUT2D eigenvalue weighted by atomic mass is 10.1. The molecule has 4 rings (SSSR count). The third-order valence-corrected chi connectivity index (χ3v) is 5.89. The Kier molecular flexibility index (Phi) is 6.69. The Hall–Kier alpha value is -3.72. The fourth-order valence-electron chi connectivity index (χ4n) is 3.58. The summed E-state index contributed by atoms with van der Waals surface area (Å²) in [5.41, 5.74) is 7.14. The fraction of sp³-hybridized carbons (Fsp3) is 0.208. The molecule has 3 N–H and O–H groups in total. The molecule has 0 spiro atoms. The zero-order chi connectivity index (χ0) is 23.4. The maximum Gasteiger partial charge on any atom is 0.326 e. The second kappa shape index (κ2) is 9.83. The summed E-state index contributed by atoms with van der Waals surface area (Å²) in [5.74, 6) is 1.87. The quantitative estimate of drug-likeness (QED) is 0.374. The molecule has 2 amide bonds. The Bertz CT molecular complexity index is 1340. The largest absolute Gasteiger partial charge is 0.496 e. The van der Waals surface area contributed by atoms with E-state index in [1.165, 1.54) is 7.11 Å². The van der Waals surface area contributed by atoms with Gasteiger partial charge in [-0.1, -0.05) is 0 Å². The molecule has 0 radical (unpaired) electrons. The number of aromatic nitrogens is 2. The van der Waals surface area contributed by atoms with Crippen LogP contribution in [-0.4, -0.2) is 47.2 Å². The van der Waals surface area contributed by atoms with Crippen LogP contribution in [0.2, 0.25) is 0 Å². The zero-order valence-corrected chi connectivity index (χ0v) is 19.1. The van der Waals surface area contributed by atoms with Gasteiger partial charge >= 0.3 is 6.03 Å². The number of nitrogens with one attached hydrogen (secondary N) is 1. The number of carbonyl (C=O) groups is 2. The van der Waals surface area contributed by atoms with Crippen molar-refractivity contribution >= 4 is 45.5 Å². The van der Waals surface area contributed by atoms with Gasteiger partial charge in [0.05, 0.1) is 23.7 Å². The minimum atomic E-state index is -0.599. The monoisotopic (exact) mass is 464 g/mol. The van der Waals surface area contributed by atoms with Gasteiger partial charge in [-0.25, -0.2) is 4.79 Å². The molecule has 8 nitrogen and oxygen atoms in total. The van der Waals surface area contributed by atoms with Crippen LogP contribution in [0.4, 0.5) is 4.79 Å². The van der Waals surface area contributed by atoms with E-state index >= 15 is 0 Å². The lowest BCUT2D eigenvalue weighted by Crippen LogP contribution is -2.29. The van der Waals surface area contributed by atoms with Crippen molar-refractivity contribution in [2.45, 2.75) is 6.42 Å². The second-order valence-corrected chi connectivity index (χ2v) is 8.32. The summed E-state index contributed by atoms with van der Waals surface area (Å²) in [7, 11) is 1.47. The molecule has 0 atom stereocenters. The molecule has 0 aliphatic rings. The Morgan fingerprint density at radius 1 is 1.15 bits per heavy atom. The summed E-state index contributed by atoms with van der Waals surface area (Å²) in [5, 5.41) is 4.43. The number of benzene rings is 2. The summed E-state index contributed by atoms with van der Waals surface area (Å²) < 4.78 is 13.0. The molecule has 0 fully saturated rings. The number of rotatable bonds is 8. The molecule has 2 heterocycles. The average Bonchev–Trinajstić information content (AvgIpc) is 3.24. The van der Waals surface area contributed by atoms with Crippen LogP contribution in [0.25, 0.3) is 21.8 Å². The Balaban J connectivity index is 1.61. The highest BCUT2D eigenvalue weighted by atomic mass is 32.2. The number of ether oxygens (including phenoxy) is 2. The molecule has 0 bridgehead atoms. The zero-order valence-electron chi connectivity index (χ0n) is 18.3. The first kappa shape index (κ1) is 22.5. The van der Waals surface area contributed by atoms with Crippen LogP contribution < -0.4 is 20.5 Å². The van der Waals surface area contributed by atoms with Crippen molar-refractivity contribution in [3.8, 4) is 17.2 Å². The summed E-state index contributed by atoms with van der Waals surface area (Å²) in [6.07, 6.45) is 6.33. The van der Waals surface area contributed by atoms with Gasteiger partial charge in [0, 0.05) is 35.8 Å². The first-order valence-electron chi connectivity index (χ1n) is 10.3.